The zero-order valence-electron chi connectivity index (χ0n) is 19.9. The first kappa shape index (κ1) is 24.2. The average Bonchev–Trinajstić information content (AvgIpc) is 2.78. The van der Waals surface area contributed by atoms with E-state index in [2.05, 4.69) is 10.6 Å². The van der Waals surface area contributed by atoms with E-state index in [0.717, 1.165) is 11.1 Å². The Labute approximate surface area is 195 Å². The molecule has 2 amide bonds. The highest BCUT2D eigenvalue weighted by Gasteiger charge is 2.34. The summed E-state index contributed by atoms with van der Waals surface area (Å²) in [7, 11) is 0. The molecule has 1 aliphatic heterocycles. The second-order valence-electron chi connectivity index (χ2n) is 8.09. The Balaban J connectivity index is 1.94. The lowest BCUT2D eigenvalue weighted by Gasteiger charge is -2.30. The number of hydrogen-bond donors (Lipinski definition) is 2. The quantitative estimate of drug-likeness (QED) is 0.526. The maximum Gasteiger partial charge on any atom is 0.338 e. The van der Waals surface area contributed by atoms with Gasteiger partial charge in [-0.3, -0.25) is 0 Å². The molecule has 0 saturated carbocycles. The molecule has 0 spiro atoms. The minimum Gasteiger partial charge on any atom is -0.490 e. The summed E-state index contributed by atoms with van der Waals surface area (Å²) >= 11 is 0. The van der Waals surface area contributed by atoms with Crippen LogP contribution in [0.4, 0.5) is 4.79 Å². The number of carbonyl (C=O) groups is 2. The molecule has 0 radical (unpaired) electrons. The lowest BCUT2D eigenvalue weighted by atomic mass is 9.94. The Hall–Kier alpha value is -3.48. The first-order chi connectivity index (χ1) is 15.8. The number of hydrogen-bond acceptors (Lipinski definition) is 5. The summed E-state index contributed by atoms with van der Waals surface area (Å²) < 4.78 is 17.4. The molecule has 2 N–H and O–H groups in total. The molecule has 1 aliphatic rings. The second kappa shape index (κ2) is 10.9. The molecule has 176 valence electrons. The van der Waals surface area contributed by atoms with E-state index in [1.807, 2.05) is 63.2 Å². The minimum atomic E-state index is -0.662. The average molecular weight is 453 g/mol. The highest BCUT2D eigenvalue weighted by molar-refractivity contribution is 5.95. The van der Waals surface area contributed by atoms with Crippen molar-refractivity contribution >= 4 is 12.0 Å². The van der Waals surface area contributed by atoms with Crippen molar-refractivity contribution < 1.29 is 23.8 Å². The highest BCUT2D eigenvalue weighted by Crippen LogP contribution is 2.36. The molecule has 33 heavy (non-hydrogen) atoms. The molecule has 2 aromatic rings. The summed E-state index contributed by atoms with van der Waals surface area (Å²) in [6, 6.07) is 12.5. The minimum absolute atomic E-state index is 0.280. The van der Waals surface area contributed by atoms with Gasteiger partial charge in [-0.25, -0.2) is 9.59 Å². The molecule has 0 saturated heterocycles. The molecule has 0 aliphatic carbocycles. The Kier molecular flexibility index (Phi) is 7.98. The maximum atomic E-state index is 12.9. The van der Waals surface area contributed by atoms with Crippen LogP contribution >= 0.6 is 0 Å². The maximum absolute atomic E-state index is 12.9. The molecular weight excluding hydrogens is 420 g/mol. The molecule has 0 bridgehead atoms. The van der Waals surface area contributed by atoms with E-state index in [-0.39, 0.29) is 12.1 Å². The van der Waals surface area contributed by atoms with Gasteiger partial charge in [0, 0.05) is 5.70 Å². The van der Waals surface area contributed by atoms with Gasteiger partial charge in [0.05, 0.1) is 24.3 Å². The van der Waals surface area contributed by atoms with Gasteiger partial charge in [-0.05, 0) is 62.9 Å². The van der Waals surface area contributed by atoms with Crippen molar-refractivity contribution in [2.45, 2.75) is 59.8 Å². The molecule has 3 rings (SSSR count). The number of urea groups is 1. The fourth-order valence-electron chi connectivity index (χ4n) is 3.68. The van der Waals surface area contributed by atoms with Gasteiger partial charge in [-0.1, -0.05) is 37.3 Å². The zero-order valence-corrected chi connectivity index (χ0v) is 19.9. The molecule has 7 heteroatoms. The van der Waals surface area contributed by atoms with Gasteiger partial charge in [0.15, 0.2) is 11.5 Å². The van der Waals surface area contributed by atoms with Gasteiger partial charge in [-0.2, -0.15) is 0 Å². The predicted molar refractivity (Wildman–Crippen MR) is 126 cm³/mol. The number of rotatable bonds is 9. The van der Waals surface area contributed by atoms with E-state index in [4.69, 9.17) is 14.2 Å². The van der Waals surface area contributed by atoms with Crippen LogP contribution in [0.15, 0.2) is 53.7 Å². The van der Waals surface area contributed by atoms with Crippen LogP contribution in [-0.2, 0) is 16.1 Å². The molecule has 1 heterocycles. The largest absolute Gasteiger partial charge is 0.490 e. The third-order valence-electron chi connectivity index (χ3n) is 5.32. The van der Waals surface area contributed by atoms with Crippen LogP contribution < -0.4 is 20.1 Å². The van der Waals surface area contributed by atoms with E-state index in [1.165, 1.54) is 0 Å². The first-order valence-electron chi connectivity index (χ1n) is 11.3. The fourth-order valence-corrected chi connectivity index (χ4v) is 3.68. The number of allylic oxidation sites excluding steroid dienone is 1. The number of aryl methyl sites for hydroxylation is 1. The van der Waals surface area contributed by atoms with Crippen molar-refractivity contribution in [1.82, 2.24) is 10.6 Å². The fraction of sp³-hybridized carbons (Fsp3) is 0.385. The summed E-state index contributed by atoms with van der Waals surface area (Å²) in [5.41, 5.74) is 3.88. The smallest absolute Gasteiger partial charge is 0.338 e. The van der Waals surface area contributed by atoms with Crippen LogP contribution in [0.3, 0.4) is 0 Å². The molecule has 2 aromatic carbocycles. The second-order valence-corrected chi connectivity index (χ2v) is 8.09. The lowest BCUT2D eigenvalue weighted by molar-refractivity contribution is -0.143. The van der Waals surface area contributed by atoms with Gasteiger partial charge in [0.2, 0.25) is 0 Å². The van der Waals surface area contributed by atoms with Gasteiger partial charge in [0.25, 0.3) is 0 Å². The zero-order chi connectivity index (χ0) is 24.0. The van der Waals surface area contributed by atoms with Crippen LogP contribution in [-0.4, -0.2) is 24.7 Å². The Morgan fingerprint density at radius 1 is 1.06 bits per heavy atom. The monoisotopic (exact) mass is 452 g/mol. The summed E-state index contributed by atoms with van der Waals surface area (Å²) in [5, 5.41) is 5.59. The predicted octanol–water partition coefficient (Wildman–Crippen LogP) is 4.94. The Bertz CT molecular complexity index is 1040. The summed E-state index contributed by atoms with van der Waals surface area (Å²) in [5.74, 6) is 0.679. The SMILES string of the molecule is CCOc1cc(C2NC(=O)NC(CC)=C2C(=O)OC(C)C)ccc1OCc1ccccc1C. The van der Waals surface area contributed by atoms with Crippen molar-refractivity contribution in [3.8, 4) is 11.5 Å². The van der Waals surface area contributed by atoms with E-state index in [9.17, 15) is 9.59 Å². The van der Waals surface area contributed by atoms with E-state index < -0.39 is 12.0 Å². The first-order valence-corrected chi connectivity index (χ1v) is 11.3. The van der Waals surface area contributed by atoms with Gasteiger partial charge in [0.1, 0.15) is 6.61 Å². The summed E-state index contributed by atoms with van der Waals surface area (Å²) in [6.45, 7) is 10.3. The third kappa shape index (κ3) is 5.86. The third-order valence-corrected chi connectivity index (χ3v) is 5.32. The van der Waals surface area contributed by atoms with Gasteiger partial charge < -0.3 is 24.8 Å². The van der Waals surface area contributed by atoms with Crippen LogP contribution in [0, 0.1) is 6.92 Å². The highest BCUT2D eigenvalue weighted by atomic mass is 16.5. The molecule has 7 nitrogen and oxygen atoms in total. The molecular formula is C26H32N2O5. The molecule has 0 aromatic heterocycles. The van der Waals surface area contributed by atoms with Gasteiger partial charge in [-0.15, -0.1) is 0 Å². The van der Waals surface area contributed by atoms with Crippen LogP contribution in [0.1, 0.15) is 56.8 Å². The van der Waals surface area contributed by atoms with E-state index in [0.29, 0.717) is 48.0 Å². The number of amides is 2. The van der Waals surface area contributed by atoms with Crippen molar-refractivity contribution in [1.29, 1.82) is 0 Å². The summed E-state index contributed by atoms with van der Waals surface area (Å²) in [4.78, 5) is 25.2. The van der Waals surface area contributed by atoms with Crippen LogP contribution in [0.5, 0.6) is 11.5 Å². The van der Waals surface area contributed by atoms with Gasteiger partial charge >= 0.3 is 12.0 Å². The van der Waals surface area contributed by atoms with Crippen molar-refractivity contribution in [2.75, 3.05) is 6.61 Å². The summed E-state index contributed by atoms with van der Waals surface area (Å²) in [6.07, 6.45) is 0.208. The number of ether oxygens (including phenoxy) is 3. The van der Waals surface area contributed by atoms with E-state index >= 15 is 0 Å². The topological polar surface area (TPSA) is 85.9 Å². The van der Waals surface area contributed by atoms with Crippen LogP contribution in [0.2, 0.25) is 0 Å². The number of benzene rings is 2. The normalized spacial score (nSPS) is 15.7. The lowest BCUT2D eigenvalue weighted by Crippen LogP contribution is -2.46. The molecule has 1 atom stereocenters. The molecule has 0 fully saturated rings. The van der Waals surface area contributed by atoms with E-state index in [1.54, 1.807) is 13.8 Å². The Morgan fingerprint density at radius 3 is 2.48 bits per heavy atom. The number of carbonyl (C=O) groups excluding carboxylic acids is 2. The van der Waals surface area contributed by atoms with Crippen molar-refractivity contribution in [3.63, 3.8) is 0 Å². The molecule has 1 unspecified atom stereocenters. The number of nitrogens with one attached hydrogen (secondary N) is 2. The Morgan fingerprint density at radius 2 is 1.82 bits per heavy atom. The standard InChI is InChI=1S/C26H32N2O5/c1-6-20-23(25(29)33-16(3)4)24(28-26(30)27-20)18-12-13-21(22(14-18)31-7-2)32-15-19-11-9-8-10-17(19)5/h8-14,16,24H,6-7,15H2,1-5H3,(H2,27,28,30). The van der Waals surface area contributed by atoms with Crippen molar-refractivity contribution in [3.05, 3.63) is 70.4 Å². The van der Waals surface area contributed by atoms with Crippen molar-refractivity contribution in [2.24, 2.45) is 0 Å². The van der Waals surface area contributed by atoms with Crippen LogP contribution in [0.25, 0.3) is 0 Å². The number of esters is 1.